The highest BCUT2D eigenvalue weighted by molar-refractivity contribution is 7.71. The summed E-state index contributed by atoms with van der Waals surface area (Å²) in [7, 11) is 0. The van der Waals surface area contributed by atoms with Crippen LogP contribution < -0.4 is 0 Å². The van der Waals surface area contributed by atoms with Crippen LogP contribution in [0.15, 0.2) is 22.9 Å². The molecular formula is C13H14N4OS. The van der Waals surface area contributed by atoms with E-state index in [-0.39, 0.29) is 6.04 Å². The third-order valence-corrected chi connectivity index (χ3v) is 3.50. The smallest absolute Gasteiger partial charge is 0.217 e. The Labute approximate surface area is 115 Å². The number of hydrogen-bond donors (Lipinski definition) is 1. The summed E-state index contributed by atoms with van der Waals surface area (Å²) in [6, 6.07) is 1.86. The largest absolute Gasteiger partial charge is 0.444 e. The van der Waals surface area contributed by atoms with E-state index >= 15 is 0 Å². The van der Waals surface area contributed by atoms with Crippen LogP contribution in [0.1, 0.15) is 30.2 Å². The fraction of sp³-hybridized carbons (Fsp3) is 0.308. The van der Waals surface area contributed by atoms with Crippen LogP contribution in [-0.2, 0) is 0 Å². The van der Waals surface area contributed by atoms with Crippen molar-refractivity contribution in [3.8, 4) is 0 Å². The third-order valence-electron chi connectivity index (χ3n) is 3.20. The number of oxazole rings is 1. The summed E-state index contributed by atoms with van der Waals surface area (Å²) < 4.78 is 8.14. The number of nitrogens with zero attached hydrogens (tertiary/aromatic N) is 3. The Morgan fingerprint density at radius 3 is 2.84 bits per heavy atom. The second kappa shape index (κ2) is 4.31. The van der Waals surface area contributed by atoms with Gasteiger partial charge in [0, 0.05) is 6.20 Å². The van der Waals surface area contributed by atoms with Gasteiger partial charge in [-0.25, -0.2) is 9.97 Å². The van der Waals surface area contributed by atoms with Crippen LogP contribution in [0.5, 0.6) is 0 Å². The molecule has 0 saturated heterocycles. The first-order valence-electron chi connectivity index (χ1n) is 6.06. The van der Waals surface area contributed by atoms with Crippen molar-refractivity contribution in [2.45, 2.75) is 26.8 Å². The average Bonchev–Trinajstić information content (AvgIpc) is 2.93. The molecule has 0 aliphatic rings. The molecule has 0 aliphatic heterocycles. The monoisotopic (exact) mass is 274 g/mol. The average molecular weight is 274 g/mol. The Hall–Kier alpha value is -1.95. The minimum absolute atomic E-state index is 0.0933. The van der Waals surface area contributed by atoms with E-state index in [1.54, 1.807) is 12.4 Å². The number of aryl methyl sites for hydroxylation is 2. The molecule has 0 aromatic carbocycles. The van der Waals surface area contributed by atoms with E-state index in [2.05, 4.69) is 15.0 Å². The van der Waals surface area contributed by atoms with E-state index in [4.69, 9.17) is 16.6 Å². The van der Waals surface area contributed by atoms with E-state index in [1.165, 1.54) is 0 Å². The molecule has 0 fully saturated rings. The van der Waals surface area contributed by atoms with Gasteiger partial charge in [0.2, 0.25) is 5.89 Å². The van der Waals surface area contributed by atoms with Crippen LogP contribution in [-0.4, -0.2) is 19.5 Å². The van der Waals surface area contributed by atoms with Gasteiger partial charge in [0.05, 0.1) is 11.7 Å². The predicted molar refractivity (Wildman–Crippen MR) is 74.7 cm³/mol. The summed E-state index contributed by atoms with van der Waals surface area (Å²) in [5.41, 5.74) is 2.90. The minimum Gasteiger partial charge on any atom is -0.444 e. The Bertz CT molecular complexity index is 798. The molecule has 19 heavy (non-hydrogen) atoms. The molecule has 3 aromatic heterocycles. The number of pyridine rings is 1. The number of hydrogen-bond acceptors (Lipinski definition) is 4. The molecule has 3 heterocycles. The summed E-state index contributed by atoms with van der Waals surface area (Å²) in [5.74, 6) is 1.43. The SMILES string of the molecule is Cc1cnc(C(C)n2c(=S)[nH]c3c(C)ccnc32)o1. The highest BCUT2D eigenvalue weighted by Crippen LogP contribution is 2.24. The zero-order chi connectivity index (χ0) is 13.6. The molecule has 0 aliphatic carbocycles. The van der Waals surface area contributed by atoms with Crippen molar-refractivity contribution in [1.29, 1.82) is 0 Å². The molecule has 5 nitrogen and oxygen atoms in total. The normalized spacial score (nSPS) is 13.0. The van der Waals surface area contributed by atoms with Crippen molar-refractivity contribution in [2.24, 2.45) is 0 Å². The van der Waals surface area contributed by atoms with Crippen LogP contribution >= 0.6 is 12.2 Å². The summed E-state index contributed by atoms with van der Waals surface area (Å²) in [4.78, 5) is 11.9. The van der Waals surface area contributed by atoms with Crippen molar-refractivity contribution in [3.63, 3.8) is 0 Å². The number of rotatable bonds is 2. The molecule has 0 amide bonds. The quantitative estimate of drug-likeness (QED) is 0.728. The van der Waals surface area contributed by atoms with Crippen molar-refractivity contribution in [1.82, 2.24) is 19.5 Å². The van der Waals surface area contributed by atoms with E-state index in [9.17, 15) is 0 Å². The standard InChI is InChI=1S/C13H14N4OS/c1-7-4-5-14-11-10(7)16-13(19)17(11)9(3)12-15-6-8(2)18-12/h4-6,9H,1-3H3,(H,16,19). The summed E-state index contributed by atoms with van der Waals surface area (Å²) in [5, 5.41) is 0. The van der Waals surface area contributed by atoms with E-state index in [0.29, 0.717) is 10.7 Å². The van der Waals surface area contributed by atoms with Gasteiger partial charge in [-0.1, -0.05) is 0 Å². The Morgan fingerprint density at radius 1 is 1.37 bits per heavy atom. The van der Waals surface area contributed by atoms with Crippen LogP contribution in [0, 0.1) is 18.6 Å². The molecule has 1 N–H and O–H groups in total. The van der Waals surface area contributed by atoms with Crippen molar-refractivity contribution in [2.75, 3.05) is 0 Å². The number of aromatic amines is 1. The molecule has 0 radical (unpaired) electrons. The summed E-state index contributed by atoms with van der Waals surface area (Å²) in [6.45, 7) is 5.90. The fourth-order valence-electron chi connectivity index (χ4n) is 2.18. The first-order chi connectivity index (χ1) is 9.08. The Morgan fingerprint density at radius 2 is 2.16 bits per heavy atom. The van der Waals surface area contributed by atoms with Crippen molar-refractivity contribution >= 4 is 23.4 Å². The number of H-pyrrole nitrogens is 1. The van der Waals surface area contributed by atoms with Gasteiger partial charge < -0.3 is 9.40 Å². The molecule has 0 bridgehead atoms. The second-order valence-corrected chi connectivity index (χ2v) is 5.00. The Kier molecular flexibility index (Phi) is 2.74. The van der Waals surface area contributed by atoms with Crippen LogP contribution in [0.25, 0.3) is 11.2 Å². The van der Waals surface area contributed by atoms with Gasteiger partial charge in [0.15, 0.2) is 10.4 Å². The molecule has 3 aromatic rings. The lowest BCUT2D eigenvalue weighted by Crippen LogP contribution is -2.07. The first-order valence-corrected chi connectivity index (χ1v) is 6.47. The molecule has 0 saturated carbocycles. The third kappa shape index (κ3) is 1.88. The lowest BCUT2D eigenvalue weighted by molar-refractivity contribution is 0.417. The first kappa shape index (κ1) is 12.1. The molecule has 98 valence electrons. The lowest BCUT2D eigenvalue weighted by atomic mass is 10.2. The number of fused-ring (bicyclic) bond motifs is 1. The van der Waals surface area contributed by atoms with E-state index in [0.717, 1.165) is 22.5 Å². The second-order valence-electron chi connectivity index (χ2n) is 4.61. The van der Waals surface area contributed by atoms with Crippen LogP contribution in [0.4, 0.5) is 0 Å². The zero-order valence-corrected chi connectivity index (χ0v) is 11.8. The zero-order valence-electron chi connectivity index (χ0n) is 11.0. The topological polar surface area (TPSA) is 59.6 Å². The minimum atomic E-state index is -0.0933. The number of imidazole rings is 1. The predicted octanol–water partition coefficient (Wildman–Crippen LogP) is 3.31. The lowest BCUT2D eigenvalue weighted by Gasteiger charge is -2.10. The maximum absolute atomic E-state index is 5.58. The number of aromatic nitrogens is 4. The highest BCUT2D eigenvalue weighted by Gasteiger charge is 2.18. The summed E-state index contributed by atoms with van der Waals surface area (Å²) in [6.07, 6.45) is 3.49. The molecule has 6 heteroatoms. The van der Waals surface area contributed by atoms with Gasteiger partial charge >= 0.3 is 0 Å². The van der Waals surface area contributed by atoms with E-state index in [1.807, 2.05) is 31.4 Å². The maximum atomic E-state index is 5.58. The summed E-state index contributed by atoms with van der Waals surface area (Å²) >= 11 is 5.39. The number of nitrogens with one attached hydrogen (secondary N) is 1. The molecule has 1 atom stereocenters. The fourth-order valence-corrected chi connectivity index (χ4v) is 2.53. The van der Waals surface area contributed by atoms with Gasteiger partial charge in [0.1, 0.15) is 11.8 Å². The van der Waals surface area contributed by atoms with Crippen molar-refractivity contribution in [3.05, 3.63) is 40.4 Å². The molecule has 1 unspecified atom stereocenters. The van der Waals surface area contributed by atoms with Gasteiger partial charge in [-0.3, -0.25) is 4.57 Å². The van der Waals surface area contributed by atoms with Crippen LogP contribution in [0.2, 0.25) is 0 Å². The van der Waals surface area contributed by atoms with Gasteiger partial charge in [-0.2, -0.15) is 0 Å². The highest BCUT2D eigenvalue weighted by atomic mass is 32.1. The molecule has 3 rings (SSSR count). The maximum Gasteiger partial charge on any atom is 0.217 e. The van der Waals surface area contributed by atoms with Crippen LogP contribution in [0.3, 0.4) is 0 Å². The molecular weight excluding hydrogens is 260 g/mol. The van der Waals surface area contributed by atoms with Crippen molar-refractivity contribution < 1.29 is 4.42 Å². The Balaban J connectivity index is 2.23. The van der Waals surface area contributed by atoms with Gasteiger partial charge in [-0.15, -0.1) is 0 Å². The molecule has 0 spiro atoms. The van der Waals surface area contributed by atoms with Gasteiger partial charge in [0.25, 0.3) is 0 Å². The van der Waals surface area contributed by atoms with Gasteiger partial charge in [-0.05, 0) is 44.6 Å². The van der Waals surface area contributed by atoms with E-state index < -0.39 is 0 Å².